The average Bonchev–Trinajstić information content (AvgIpc) is 2.54. The van der Waals surface area contributed by atoms with Crippen molar-refractivity contribution in [2.24, 2.45) is 0 Å². The summed E-state index contributed by atoms with van der Waals surface area (Å²) >= 11 is 0. The van der Waals surface area contributed by atoms with Gasteiger partial charge in [0.25, 0.3) is 0 Å². The van der Waals surface area contributed by atoms with Crippen LogP contribution >= 0.6 is 8.07 Å². The molecule has 0 spiro atoms. The van der Waals surface area contributed by atoms with E-state index in [9.17, 15) is 0 Å². The molecular weight excluding hydrogens is 261 g/mol. The van der Waals surface area contributed by atoms with E-state index in [1.54, 1.807) is 0 Å². The summed E-state index contributed by atoms with van der Waals surface area (Å²) in [6.07, 6.45) is 0. The Bertz CT molecular complexity index is 458. The molecule has 0 amide bonds. The molecule has 106 valence electrons. The fourth-order valence-electron chi connectivity index (χ4n) is 2.87. The third-order valence-electron chi connectivity index (χ3n) is 4.19. The number of hydrogen-bond acceptors (Lipinski definition) is 0. The first-order valence-corrected chi connectivity index (χ1v) is 8.83. The van der Waals surface area contributed by atoms with Gasteiger partial charge in [0, 0.05) is 10.6 Å². The van der Waals surface area contributed by atoms with Crippen molar-refractivity contribution in [3.8, 4) is 0 Å². The van der Waals surface area contributed by atoms with E-state index in [4.69, 9.17) is 0 Å². The number of quaternary nitrogens is 1. The van der Waals surface area contributed by atoms with Crippen LogP contribution in [0.5, 0.6) is 0 Å². The predicted octanol–water partition coefficient (Wildman–Crippen LogP) is 3.91. The Morgan fingerprint density at radius 2 is 1.00 bits per heavy atom. The van der Waals surface area contributed by atoms with Gasteiger partial charge in [-0.3, -0.25) is 0 Å². The number of hydrogen-bond donors (Lipinski definition) is 0. The largest absolute Gasteiger partial charge is 0.303 e. The molecule has 0 saturated carbocycles. The molecule has 0 aromatic heterocycles. The summed E-state index contributed by atoms with van der Waals surface area (Å²) in [5, 5.41) is 2.97. The second-order valence-electron chi connectivity index (χ2n) is 5.03. The SMILES string of the molecule is CC[N+](CC)(CC)P(c1ccccc1)c1ccccc1. The van der Waals surface area contributed by atoms with E-state index in [-0.39, 0.29) is 8.07 Å². The van der Waals surface area contributed by atoms with Gasteiger partial charge in [0.1, 0.15) is 0 Å². The van der Waals surface area contributed by atoms with E-state index in [0.29, 0.717) is 0 Å². The predicted molar refractivity (Wildman–Crippen MR) is 91.0 cm³/mol. The molecule has 0 bridgehead atoms. The summed E-state index contributed by atoms with van der Waals surface area (Å²) in [6, 6.07) is 22.1. The Kier molecular flexibility index (Phi) is 5.34. The lowest BCUT2D eigenvalue weighted by Crippen LogP contribution is -2.47. The maximum absolute atomic E-state index is 2.33. The fourth-order valence-corrected chi connectivity index (χ4v) is 5.91. The number of rotatable bonds is 6. The van der Waals surface area contributed by atoms with Gasteiger partial charge in [0.15, 0.2) is 8.07 Å². The highest BCUT2D eigenvalue weighted by atomic mass is 31.1. The summed E-state index contributed by atoms with van der Waals surface area (Å²) in [7, 11) is -0.361. The van der Waals surface area contributed by atoms with Gasteiger partial charge < -0.3 is 4.25 Å². The van der Waals surface area contributed by atoms with Crippen LogP contribution in [-0.2, 0) is 0 Å². The maximum atomic E-state index is 2.33. The molecule has 0 aliphatic heterocycles. The Balaban J connectivity index is 2.55. The highest BCUT2D eigenvalue weighted by molar-refractivity contribution is 7.67. The van der Waals surface area contributed by atoms with E-state index in [1.165, 1.54) is 34.5 Å². The van der Waals surface area contributed by atoms with Crippen molar-refractivity contribution >= 4 is 18.7 Å². The lowest BCUT2D eigenvalue weighted by atomic mass is 10.4. The fraction of sp³-hybridized carbons (Fsp3) is 0.333. The van der Waals surface area contributed by atoms with Gasteiger partial charge in [-0.15, -0.1) is 0 Å². The summed E-state index contributed by atoms with van der Waals surface area (Å²) in [5.74, 6) is 0. The Morgan fingerprint density at radius 3 is 1.30 bits per heavy atom. The first-order chi connectivity index (χ1) is 9.77. The molecule has 1 nitrogen and oxygen atoms in total. The Morgan fingerprint density at radius 1 is 0.650 bits per heavy atom. The molecule has 0 N–H and O–H groups in total. The first-order valence-electron chi connectivity index (χ1n) is 7.54. The van der Waals surface area contributed by atoms with Crippen LogP contribution in [0, 0.1) is 0 Å². The molecule has 2 aromatic rings. The summed E-state index contributed by atoms with van der Waals surface area (Å²) in [4.78, 5) is 0. The van der Waals surface area contributed by atoms with Crippen LogP contribution in [0.2, 0.25) is 0 Å². The molecule has 2 aromatic carbocycles. The van der Waals surface area contributed by atoms with Crippen molar-refractivity contribution in [3.05, 3.63) is 60.7 Å². The maximum Gasteiger partial charge on any atom is 0.169 e. The molecule has 0 fully saturated rings. The first kappa shape index (κ1) is 15.2. The molecule has 0 heterocycles. The highest BCUT2D eigenvalue weighted by Crippen LogP contribution is 2.45. The number of nitrogens with zero attached hydrogens (tertiary/aromatic N) is 1. The van der Waals surface area contributed by atoms with Crippen molar-refractivity contribution in [2.45, 2.75) is 20.8 Å². The van der Waals surface area contributed by atoms with Gasteiger partial charge in [-0.05, 0) is 45.0 Å². The Hall–Kier alpha value is -1.17. The van der Waals surface area contributed by atoms with Gasteiger partial charge in [-0.25, -0.2) is 0 Å². The minimum Gasteiger partial charge on any atom is -0.303 e. The molecule has 0 unspecified atom stereocenters. The van der Waals surface area contributed by atoms with Gasteiger partial charge in [0.2, 0.25) is 0 Å². The minimum absolute atomic E-state index is 0.361. The molecule has 2 rings (SSSR count). The zero-order valence-corrected chi connectivity index (χ0v) is 13.7. The van der Waals surface area contributed by atoms with Crippen molar-refractivity contribution in [1.29, 1.82) is 0 Å². The molecule has 0 atom stereocenters. The quantitative estimate of drug-likeness (QED) is 0.706. The monoisotopic (exact) mass is 286 g/mol. The minimum atomic E-state index is -0.361. The molecular formula is C18H25NP+. The lowest BCUT2D eigenvalue weighted by Gasteiger charge is -2.42. The summed E-state index contributed by atoms with van der Waals surface area (Å²) in [6.45, 7) is 10.5. The average molecular weight is 286 g/mol. The van der Waals surface area contributed by atoms with Gasteiger partial charge in [0.05, 0.1) is 19.6 Å². The third kappa shape index (κ3) is 2.95. The van der Waals surface area contributed by atoms with E-state index in [1.807, 2.05) is 0 Å². The zero-order valence-electron chi connectivity index (χ0n) is 12.8. The third-order valence-corrected chi connectivity index (χ3v) is 7.46. The van der Waals surface area contributed by atoms with E-state index in [0.717, 1.165) is 0 Å². The van der Waals surface area contributed by atoms with Crippen molar-refractivity contribution in [2.75, 3.05) is 19.6 Å². The van der Waals surface area contributed by atoms with Crippen molar-refractivity contribution in [3.63, 3.8) is 0 Å². The molecule has 20 heavy (non-hydrogen) atoms. The van der Waals surface area contributed by atoms with Gasteiger partial charge >= 0.3 is 0 Å². The van der Waals surface area contributed by atoms with E-state index >= 15 is 0 Å². The van der Waals surface area contributed by atoms with Crippen LogP contribution in [0.15, 0.2) is 60.7 Å². The van der Waals surface area contributed by atoms with Crippen LogP contribution in [0.3, 0.4) is 0 Å². The van der Waals surface area contributed by atoms with Crippen molar-refractivity contribution in [1.82, 2.24) is 0 Å². The van der Waals surface area contributed by atoms with Crippen LogP contribution in [0.1, 0.15) is 20.8 Å². The van der Waals surface area contributed by atoms with Crippen LogP contribution in [-0.4, -0.2) is 23.9 Å². The molecule has 0 aliphatic rings. The molecule has 0 saturated heterocycles. The summed E-state index contributed by atoms with van der Waals surface area (Å²) < 4.78 is 1.17. The smallest absolute Gasteiger partial charge is 0.169 e. The van der Waals surface area contributed by atoms with Crippen LogP contribution < -0.4 is 10.6 Å². The van der Waals surface area contributed by atoms with E-state index < -0.39 is 0 Å². The standard InChI is InChI=1S/C18H25NP/c1-4-19(5-2,6-3)20(17-13-9-7-10-14-17)18-15-11-8-12-16-18/h7-16H,4-6H2,1-3H3/q+1. The van der Waals surface area contributed by atoms with Gasteiger partial charge in [-0.1, -0.05) is 36.4 Å². The topological polar surface area (TPSA) is 0 Å². The molecule has 0 aliphatic carbocycles. The summed E-state index contributed by atoms with van der Waals surface area (Å²) in [5.41, 5.74) is 0. The second-order valence-corrected chi connectivity index (χ2v) is 7.53. The second kappa shape index (κ2) is 7.02. The van der Waals surface area contributed by atoms with Crippen molar-refractivity contribution < 1.29 is 4.25 Å². The van der Waals surface area contributed by atoms with Crippen LogP contribution in [0.25, 0.3) is 0 Å². The Labute approximate surface area is 124 Å². The zero-order chi connectivity index (χ0) is 14.4. The number of benzene rings is 2. The normalized spacial score (nSPS) is 11.8. The molecule has 2 heteroatoms. The van der Waals surface area contributed by atoms with E-state index in [2.05, 4.69) is 81.4 Å². The highest BCUT2D eigenvalue weighted by Gasteiger charge is 2.36. The lowest BCUT2D eigenvalue weighted by molar-refractivity contribution is -0.799. The van der Waals surface area contributed by atoms with Gasteiger partial charge in [-0.2, -0.15) is 0 Å². The molecule has 0 radical (unpaired) electrons. The van der Waals surface area contributed by atoms with Crippen LogP contribution in [0.4, 0.5) is 0 Å².